The van der Waals surface area contributed by atoms with Crippen molar-refractivity contribution < 1.29 is 24.2 Å². The highest BCUT2D eigenvalue weighted by atomic mass is 32.2. The molecule has 3 rings (SSSR count). The first-order chi connectivity index (χ1) is 15.5. The number of benzene rings is 2. The fourth-order valence-corrected chi connectivity index (χ4v) is 4.43. The maximum Gasteiger partial charge on any atom is 0.407 e. The van der Waals surface area contributed by atoms with Gasteiger partial charge in [0.1, 0.15) is 6.61 Å². The number of aliphatic carboxylic acids is 1. The van der Waals surface area contributed by atoms with Crippen molar-refractivity contribution in [2.45, 2.75) is 19.3 Å². The number of ether oxygens (including phenoxy) is 1. The van der Waals surface area contributed by atoms with Crippen molar-refractivity contribution in [3.63, 3.8) is 0 Å². The zero-order chi connectivity index (χ0) is 22.9. The third kappa shape index (κ3) is 6.50. The van der Waals surface area contributed by atoms with E-state index in [1.165, 1.54) is 34.0 Å². The quantitative estimate of drug-likeness (QED) is 0.447. The minimum absolute atomic E-state index is 0.0229. The molecular weight excluding hydrogens is 428 g/mol. The van der Waals surface area contributed by atoms with E-state index in [9.17, 15) is 14.4 Å². The summed E-state index contributed by atoms with van der Waals surface area (Å²) in [6.45, 7) is 2.78. The Morgan fingerprint density at radius 2 is 1.66 bits per heavy atom. The maximum absolute atomic E-state index is 12.1. The van der Waals surface area contributed by atoms with E-state index in [1.807, 2.05) is 24.3 Å². The molecule has 0 aliphatic heterocycles. The number of alkyl carbamates (subject to hydrolysis) is 1. The Morgan fingerprint density at radius 1 is 1.03 bits per heavy atom. The zero-order valence-corrected chi connectivity index (χ0v) is 18.8. The van der Waals surface area contributed by atoms with E-state index in [1.54, 1.807) is 6.92 Å². The van der Waals surface area contributed by atoms with Crippen LogP contribution in [0.15, 0.2) is 48.5 Å². The lowest BCUT2D eigenvalue weighted by atomic mass is 9.98. The van der Waals surface area contributed by atoms with Gasteiger partial charge in [0.25, 0.3) is 0 Å². The van der Waals surface area contributed by atoms with E-state index in [-0.39, 0.29) is 36.5 Å². The largest absolute Gasteiger partial charge is 0.481 e. The SMILES string of the molecule is CC(CNC(=O)CSCCNC(=O)OCC1c2ccccc2-c2ccccc21)CC(=O)O. The van der Waals surface area contributed by atoms with Crippen LogP contribution in [0.3, 0.4) is 0 Å². The van der Waals surface area contributed by atoms with Crippen molar-refractivity contribution in [3.8, 4) is 11.1 Å². The number of carboxylic acid groups (broad SMARTS) is 1. The van der Waals surface area contributed by atoms with Crippen LogP contribution in [0.5, 0.6) is 0 Å². The van der Waals surface area contributed by atoms with Gasteiger partial charge in [-0.15, -0.1) is 0 Å². The normalized spacial score (nSPS) is 13.0. The van der Waals surface area contributed by atoms with Gasteiger partial charge in [0.2, 0.25) is 5.91 Å². The van der Waals surface area contributed by atoms with Crippen molar-refractivity contribution in [1.82, 2.24) is 10.6 Å². The molecule has 1 aliphatic rings. The fourth-order valence-electron chi connectivity index (χ4n) is 3.75. The molecule has 8 heteroatoms. The molecule has 1 aliphatic carbocycles. The molecule has 2 aromatic carbocycles. The van der Waals surface area contributed by atoms with E-state index in [4.69, 9.17) is 9.84 Å². The van der Waals surface area contributed by atoms with Crippen molar-refractivity contribution in [2.75, 3.05) is 31.2 Å². The summed E-state index contributed by atoms with van der Waals surface area (Å²) in [5, 5.41) is 14.2. The van der Waals surface area contributed by atoms with Gasteiger partial charge in [-0.3, -0.25) is 9.59 Å². The Morgan fingerprint density at radius 3 is 2.28 bits per heavy atom. The van der Waals surface area contributed by atoms with E-state index in [2.05, 4.69) is 34.9 Å². The Hall–Kier alpha value is -3.00. The Bertz CT molecular complexity index is 919. The number of carbonyl (C=O) groups excluding carboxylic acids is 2. The van der Waals surface area contributed by atoms with E-state index in [0.717, 1.165) is 0 Å². The molecule has 2 aromatic rings. The van der Waals surface area contributed by atoms with Crippen molar-refractivity contribution in [3.05, 3.63) is 59.7 Å². The minimum Gasteiger partial charge on any atom is -0.481 e. The molecule has 0 radical (unpaired) electrons. The lowest BCUT2D eigenvalue weighted by Crippen LogP contribution is -2.31. The second-order valence-electron chi connectivity index (χ2n) is 7.81. The van der Waals surface area contributed by atoms with Gasteiger partial charge in [0.05, 0.1) is 5.75 Å². The van der Waals surface area contributed by atoms with Crippen molar-refractivity contribution in [2.24, 2.45) is 5.92 Å². The summed E-state index contributed by atoms with van der Waals surface area (Å²) < 4.78 is 5.48. The second kappa shape index (κ2) is 11.6. The number of amides is 2. The van der Waals surface area contributed by atoms with Gasteiger partial charge in [0.15, 0.2) is 0 Å². The third-order valence-corrected chi connectivity index (χ3v) is 6.22. The zero-order valence-electron chi connectivity index (χ0n) is 18.0. The van der Waals surface area contributed by atoms with E-state index in [0.29, 0.717) is 18.8 Å². The number of hydrogen-bond acceptors (Lipinski definition) is 5. The highest BCUT2D eigenvalue weighted by Gasteiger charge is 2.28. The summed E-state index contributed by atoms with van der Waals surface area (Å²) in [7, 11) is 0. The standard InChI is InChI=1S/C24H28N2O5S/c1-16(12-23(28)29)13-26-22(27)15-32-11-10-25-24(30)31-14-21-19-8-4-2-6-17(19)18-7-3-5-9-20(18)21/h2-9,16,21H,10-15H2,1H3,(H,25,30)(H,26,27)(H,28,29). The first kappa shape index (κ1) is 23.7. The van der Waals surface area contributed by atoms with Crippen LogP contribution in [0.1, 0.15) is 30.4 Å². The molecular formula is C24H28N2O5S. The third-order valence-electron chi connectivity index (χ3n) is 5.26. The number of nitrogens with one attached hydrogen (secondary N) is 2. The highest BCUT2D eigenvalue weighted by Crippen LogP contribution is 2.44. The number of hydrogen-bond donors (Lipinski definition) is 3. The predicted molar refractivity (Wildman–Crippen MR) is 125 cm³/mol. The summed E-state index contributed by atoms with van der Waals surface area (Å²) in [5.41, 5.74) is 4.70. The van der Waals surface area contributed by atoms with Crippen LogP contribution >= 0.6 is 11.8 Å². The van der Waals surface area contributed by atoms with E-state index >= 15 is 0 Å². The molecule has 32 heavy (non-hydrogen) atoms. The number of carboxylic acids is 1. The molecule has 0 aromatic heterocycles. The van der Waals surface area contributed by atoms with Gasteiger partial charge < -0.3 is 20.5 Å². The number of rotatable bonds is 11. The summed E-state index contributed by atoms with van der Waals surface area (Å²) >= 11 is 1.40. The van der Waals surface area contributed by atoms with Gasteiger partial charge in [-0.25, -0.2) is 4.79 Å². The molecule has 0 spiro atoms. The van der Waals surface area contributed by atoms with Crippen LogP contribution in [-0.4, -0.2) is 54.3 Å². The van der Waals surface area contributed by atoms with Crippen LogP contribution in [0.2, 0.25) is 0 Å². The van der Waals surface area contributed by atoms with E-state index < -0.39 is 12.1 Å². The second-order valence-corrected chi connectivity index (χ2v) is 8.92. The number of thioether (sulfide) groups is 1. The summed E-state index contributed by atoms with van der Waals surface area (Å²) in [4.78, 5) is 34.5. The lowest BCUT2D eigenvalue weighted by Gasteiger charge is -2.14. The average molecular weight is 457 g/mol. The molecule has 0 saturated heterocycles. The van der Waals surface area contributed by atoms with Crippen LogP contribution in [-0.2, 0) is 14.3 Å². The molecule has 3 N–H and O–H groups in total. The minimum atomic E-state index is -0.875. The Kier molecular flexibility index (Phi) is 8.56. The lowest BCUT2D eigenvalue weighted by molar-refractivity contribution is -0.138. The topological polar surface area (TPSA) is 105 Å². The highest BCUT2D eigenvalue weighted by molar-refractivity contribution is 7.99. The summed E-state index contributed by atoms with van der Waals surface area (Å²) in [6.07, 6.45) is -0.447. The van der Waals surface area contributed by atoms with Gasteiger partial charge in [-0.2, -0.15) is 11.8 Å². The van der Waals surface area contributed by atoms with Gasteiger partial charge in [-0.05, 0) is 28.2 Å². The summed E-state index contributed by atoms with van der Waals surface area (Å²) in [6, 6.07) is 16.4. The first-order valence-electron chi connectivity index (χ1n) is 10.6. The molecule has 0 bridgehead atoms. The molecule has 0 saturated carbocycles. The molecule has 0 fully saturated rings. The van der Waals surface area contributed by atoms with Gasteiger partial charge in [-0.1, -0.05) is 55.5 Å². The van der Waals surface area contributed by atoms with Crippen molar-refractivity contribution in [1.29, 1.82) is 0 Å². The fraction of sp³-hybridized carbons (Fsp3) is 0.375. The monoisotopic (exact) mass is 456 g/mol. The van der Waals surface area contributed by atoms with Crippen LogP contribution < -0.4 is 10.6 Å². The van der Waals surface area contributed by atoms with Crippen molar-refractivity contribution >= 4 is 29.7 Å². The molecule has 0 heterocycles. The molecule has 1 unspecified atom stereocenters. The molecule has 2 amide bonds. The van der Waals surface area contributed by atoms with Gasteiger partial charge in [0, 0.05) is 31.2 Å². The average Bonchev–Trinajstić information content (AvgIpc) is 3.09. The Labute approximate surface area is 191 Å². The molecule has 170 valence electrons. The van der Waals surface area contributed by atoms with Gasteiger partial charge >= 0.3 is 12.1 Å². The Balaban J connectivity index is 1.33. The van der Waals surface area contributed by atoms with Crippen LogP contribution in [0, 0.1) is 5.92 Å². The predicted octanol–water partition coefficient (Wildman–Crippen LogP) is 3.49. The molecule has 1 atom stereocenters. The smallest absolute Gasteiger partial charge is 0.407 e. The summed E-state index contributed by atoms with van der Waals surface area (Å²) in [5.74, 6) is -0.283. The first-order valence-corrected chi connectivity index (χ1v) is 11.8. The van der Waals surface area contributed by atoms with Crippen LogP contribution in [0.25, 0.3) is 11.1 Å². The maximum atomic E-state index is 12.1. The van der Waals surface area contributed by atoms with Crippen LogP contribution in [0.4, 0.5) is 4.79 Å². The molecule has 7 nitrogen and oxygen atoms in total. The number of fused-ring (bicyclic) bond motifs is 3. The number of carbonyl (C=O) groups is 3.